The molecule has 0 unspecified atom stereocenters. The first-order valence-corrected chi connectivity index (χ1v) is 8.16. The number of hydrogen-bond acceptors (Lipinski definition) is 3. The number of nitrogens with zero attached hydrogens (tertiary/aromatic N) is 1. The number of aromatic nitrogens is 1. The van der Waals surface area contributed by atoms with Gasteiger partial charge in [-0.15, -0.1) is 0 Å². The number of amides is 1. The fourth-order valence-electron chi connectivity index (χ4n) is 2.55. The van der Waals surface area contributed by atoms with Crippen LogP contribution >= 0.6 is 15.9 Å². The summed E-state index contributed by atoms with van der Waals surface area (Å²) in [7, 11) is 3.14. The maximum Gasteiger partial charge on any atom is 0.244 e. The summed E-state index contributed by atoms with van der Waals surface area (Å²) >= 11 is 3.46. The fourth-order valence-corrected chi connectivity index (χ4v) is 2.90. The van der Waals surface area contributed by atoms with Crippen LogP contribution in [0.5, 0.6) is 11.5 Å². The van der Waals surface area contributed by atoms with Gasteiger partial charge in [0, 0.05) is 22.3 Å². The second-order valence-electron chi connectivity index (χ2n) is 5.26. The topological polar surface area (TPSA) is 52.5 Å². The number of anilines is 1. The normalized spacial score (nSPS) is 10.6. The Bertz CT molecular complexity index is 889. The predicted molar refractivity (Wildman–Crippen MR) is 97.8 cm³/mol. The maximum absolute atomic E-state index is 12.4. The highest BCUT2D eigenvalue weighted by molar-refractivity contribution is 9.10. The third-order valence-corrected chi connectivity index (χ3v) is 4.22. The number of fused-ring (bicyclic) bond motifs is 1. The smallest absolute Gasteiger partial charge is 0.244 e. The van der Waals surface area contributed by atoms with E-state index in [2.05, 4.69) is 21.2 Å². The summed E-state index contributed by atoms with van der Waals surface area (Å²) in [6, 6.07) is 13.3. The van der Waals surface area contributed by atoms with Crippen molar-refractivity contribution in [2.45, 2.75) is 6.54 Å². The van der Waals surface area contributed by atoms with Gasteiger partial charge in [0.25, 0.3) is 0 Å². The van der Waals surface area contributed by atoms with Gasteiger partial charge in [-0.05, 0) is 35.7 Å². The van der Waals surface area contributed by atoms with Crippen molar-refractivity contribution < 1.29 is 14.3 Å². The van der Waals surface area contributed by atoms with Gasteiger partial charge < -0.3 is 19.4 Å². The van der Waals surface area contributed by atoms with Crippen molar-refractivity contribution in [1.29, 1.82) is 0 Å². The standard InChI is InChI=1S/C18H17BrN2O3/c1-23-14-5-6-17(24-2)15(10-14)20-18(22)11-21-8-7-12-3-4-13(19)9-16(12)21/h3-10H,11H2,1-2H3,(H,20,22). The summed E-state index contributed by atoms with van der Waals surface area (Å²) in [5.41, 5.74) is 1.58. The van der Waals surface area contributed by atoms with E-state index in [4.69, 9.17) is 9.47 Å². The van der Waals surface area contributed by atoms with E-state index < -0.39 is 0 Å². The summed E-state index contributed by atoms with van der Waals surface area (Å²) in [4.78, 5) is 12.4. The number of carbonyl (C=O) groups is 1. The summed E-state index contributed by atoms with van der Waals surface area (Å²) in [6.07, 6.45) is 1.90. The van der Waals surface area contributed by atoms with Crippen LogP contribution in [0.4, 0.5) is 5.69 Å². The van der Waals surface area contributed by atoms with Gasteiger partial charge in [-0.2, -0.15) is 0 Å². The van der Waals surface area contributed by atoms with Gasteiger partial charge in [0.05, 0.1) is 19.9 Å². The molecule has 6 heteroatoms. The molecule has 1 amide bonds. The largest absolute Gasteiger partial charge is 0.497 e. The first-order valence-electron chi connectivity index (χ1n) is 7.37. The minimum Gasteiger partial charge on any atom is -0.497 e. The number of hydrogen-bond donors (Lipinski definition) is 1. The predicted octanol–water partition coefficient (Wildman–Crippen LogP) is 4.06. The molecule has 2 aromatic carbocycles. The van der Waals surface area contributed by atoms with Crippen LogP contribution < -0.4 is 14.8 Å². The second kappa shape index (κ2) is 6.97. The first kappa shape index (κ1) is 16.4. The summed E-state index contributed by atoms with van der Waals surface area (Å²) in [6.45, 7) is 0.209. The zero-order valence-corrected chi connectivity index (χ0v) is 15.0. The molecule has 3 rings (SSSR count). The van der Waals surface area contributed by atoms with Crippen LogP contribution in [0.15, 0.2) is 53.1 Å². The lowest BCUT2D eigenvalue weighted by atomic mass is 10.2. The molecule has 0 spiro atoms. The molecule has 124 valence electrons. The molecule has 0 aliphatic carbocycles. The van der Waals surface area contributed by atoms with Crippen molar-refractivity contribution in [2.75, 3.05) is 19.5 Å². The Morgan fingerprint density at radius 2 is 1.96 bits per heavy atom. The van der Waals surface area contributed by atoms with E-state index in [1.54, 1.807) is 32.4 Å². The zero-order chi connectivity index (χ0) is 17.1. The van der Waals surface area contributed by atoms with Gasteiger partial charge in [-0.3, -0.25) is 4.79 Å². The van der Waals surface area contributed by atoms with Gasteiger partial charge in [-0.1, -0.05) is 22.0 Å². The van der Waals surface area contributed by atoms with E-state index in [1.165, 1.54) is 0 Å². The third kappa shape index (κ3) is 3.38. The SMILES string of the molecule is COc1ccc(OC)c(NC(=O)Cn2ccc3ccc(Br)cc32)c1. The quantitative estimate of drug-likeness (QED) is 0.716. The lowest BCUT2D eigenvalue weighted by Gasteiger charge is -2.12. The number of carbonyl (C=O) groups excluding carboxylic acids is 1. The Hall–Kier alpha value is -2.47. The second-order valence-corrected chi connectivity index (χ2v) is 6.18. The van der Waals surface area contributed by atoms with E-state index in [0.29, 0.717) is 17.2 Å². The third-order valence-electron chi connectivity index (χ3n) is 3.73. The first-order chi connectivity index (χ1) is 11.6. The maximum atomic E-state index is 12.4. The molecular formula is C18H17BrN2O3. The molecule has 1 aromatic heterocycles. The van der Waals surface area contributed by atoms with Crippen molar-refractivity contribution in [1.82, 2.24) is 4.57 Å². The molecule has 5 nitrogen and oxygen atoms in total. The minimum atomic E-state index is -0.140. The van der Waals surface area contributed by atoms with Crippen molar-refractivity contribution in [3.63, 3.8) is 0 Å². The van der Waals surface area contributed by atoms with Gasteiger partial charge in [-0.25, -0.2) is 0 Å². The highest BCUT2D eigenvalue weighted by atomic mass is 79.9. The Kier molecular flexibility index (Phi) is 4.76. The van der Waals surface area contributed by atoms with Crippen molar-refractivity contribution in [3.05, 3.63) is 53.1 Å². The Morgan fingerprint density at radius 3 is 2.71 bits per heavy atom. The van der Waals surface area contributed by atoms with Gasteiger partial charge in [0.15, 0.2) is 0 Å². The minimum absolute atomic E-state index is 0.140. The molecule has 0 saturated carbocycles. The van der Waals surface area contributed by atoms with Gasteiger partial charge in [0.1, 0.15) is 18.0 Å². The van der Waals surface area contributed by atoms with Crippen LogP contribution in [0.2, 0.25) is 0 Å². The van der Waals surface area contributed by atoms with E-state index >= 15 is 0 Å². The number of ether oxygens (including phenoxy) is 2. The van der Waals surface area contributed by atoms with Crippen LogP contribution in [-0.4, -0.2) is 24.7 Å². The number of methoxy groups -OCH3 is 2. The Labute approximate surface area is 148 Å². The van der Waals surface area contributed by atoms with E-state index in [9.17, 15) is 4.79 Å². The van der Waals surface area contributed by atoms with Crippen molar-refractivity contribution in [3.8, 4) is 11.5 Å². The molecule has 24 heavy (non-hydrogen) atoms. The molecular weight excluding hydrogens is 372 g/mol. The summed E-state index contributed by atoms with van der Waals surface area (Å²) < 4.78 is 13.4. The molecule has 0 aliphatic rings. The molecule has 0 aliphatic heterocycles. The number of benzene rings is 2. The van der Waals surface area contributed by atoms with Crippen LogP contribution in [-0.2, 0) is 11.3 Å². The summed E-state index contributed by atoms with van der Waals surface area (Å²) in [5, 5.41) is 3.97. The fraction of sp³-hybridized carbons (Fsp3) is 0.167. The van der Waals surface area contributed by atoms with Crippen LogP contribution in [0.25, 0.3) is 10.9 Å². The highest BCUT2D eigenvalue weighted by Crippen LogP contribution is 2.29. The summed E-state index contributed by atoms with van der Waals surface area (Å²) in [5.74, 6) is 1.10. The van der Waals surface area contributed by atoms with E-state index in [-0.39, 0.29) is 12.5 Å². The molecule has 0 atom stereocenters. The molecule has 0 fully saturated rings. The van der Waals surface area contributed by atoms with Crippen LogP contribution in [0, 0.1) is 0 Å². The molecule has 3 aromatic rings. The number of rotatable bonds is 5. The molecule has 1 N–H and O–H groups in total. The molecule has 0 radical (unpaired) electrons. The lowest BCUT2D eigenvalue weighted by molar-refractivity contribution is -0.116. The van der Waals surface area contributed by atoms with Crippen molar-refractivity contribution >= 4 is 38.4 Å². The van der Waals surface area contributed by atoms with E-state index in [0.717, 1.165) is 15.4 Å². The monoisotopic (exact) mass is 388 g/mol. The average Bonchev–Trinajstić information content (AvgIpc) is 2.96. The van der Waals surface area contributed by atoms with E-state index in [1.807, 2.05) is 35.0 Å². The molecule has 0 saturated heterocycles. The number of halogens is 1. The molecule has 1 heterocycles. The zero-order valence-electron chi connectivity index (χ0n) is 13.4. The van der Waals surface area contributed by atoms with Gasteiger partial charge in [0.2, 0.25) is 5.91 Å². The average molecular weight is 389 g/mol. The lowest BCUT2D eigenvalue weighted by Crippen LogP contribution is -2.18. The number of nitrogens with one attached hydrogen (secondary N) is 1. The van der Waals surface area contributed by atoms with Gasteiger partial charge >= 0.3 is 0 Å². The molecule has 0 bridgehead atoms. The highest BCUT2D eigenvalue weighted by Gasteiger charge is 2.11. The van der Waals surface area contributed by atoms with Crippen molar-refractivity contribution in [2.24, 2.45) is 0 Å². The Balaban J connectivity index is 1.81. The van der Waals surface area contributed by atoms with Crippen LogP contribution in [0.1, 0.15) is 0 Å². The Morgan fingerprint density at radius 1 is 1.12 bits per heavy atom. The van der Waals surface area contributed by atoms with Crippen LogP contribution in [0.3, 0.4) is 0 Å².